The molecule has 34 heavy (non-hydrogen) atoms. The fraction of sp³-hybridized carbons (Fsp3) is 0.333. The molecule has 0 amide bonds. The normalized spacial score (nSPS) is 24.0. The smallest absolute Gasteiger partial charge is 0.164 e. The minimum atomic E-state index is -0.665. The van der Waals surface area contributed by atoms with Crippen LogP contribution in [-0.4, -0.2) is 21.0 Å². The summed E-state index contributed by atoms with van der Waals surface area (Å²) in [4.78, 5) is 12.4. The van der Waals surface area contributed by atoms with Gasteiger partial charge in [-0.15, -0.1) is 0 Å². The van der Waals surface area contributed by atoms with Crippen LogP contribution in [0.3, 0.4) is 0 Å². The second kappa shape index (κ2) is 8.15. The van der Waals surface area contributed by atoms with Gasteiger partial charge in [0.2, 0.25) is 0 Å². The van der Waals surface area contributed by atoms with E-state index >= 15 is 0 Å². The lowest BCUT2D eigenvalue weighted by atomic mass is 9.62. The highest BCUT2D eigenvalue weighted by atomic mass is 19.1. The molecular formula is C27H25F3N4. The lowest BCUT2D eigenvalue weighted by molar-refractivity contribution is 0.0928. The van der Waals surface area contributed by atoms with Crippen LogP contribution >= 0.6 is 0 Å². The number of aromatic nitrogens is 3. The van der Waals surface area contributed by atoms with Gasteiger partial charge >= 0.3 is 0 Å². The molecule has 3 aliphatic carbocycles. The summed E-state index contributed by atoms with van der Waals surface area (Å²) in [6.45, 7) is 2.31. The average Bonchev–Trinajstić information content (AvgIpc) is 3.26. The summed E-state index contributed by atoms with van der Waals surface area (Å²) in [5.41, 5.74) is 2.08. The van der Waals surface area contributed by atoms with Gasteiger partial charge in [0, 0.05) is 40.9 Å². The second-order valence-corrected chi connectivity index (χ2v) is 9.69. The van der Waals surface area contributed by atoms with E-state index in [1.807, 2.05) is 6.07 Å². The van der Waals surface area contributed by atoms with E-state index in [2.05, 4.69) is 17.2 Å². The summed E-state index contributed by atoms with van der Waals surface area (Å²) >= 11 is 0. The van der Waals surface area contributed by atoms with Crippen molar-refractivity contribution in [3.63, 3.8) is 0 Å². The number of hydrogen-bond donors (Lipinski definition) is 2. The predicted octanol–water partition coefficient (Wildman–Crippen LogP) is 6.95. The summed E-state index contributed by atoms with van der Waals surface area (Å²) in [5.74, 6) is 1.23. The molecule has 7 rings (SSSR count). The van der Waals surface area contributed by atoms with E-state index in [-0.39, 0.29) is 11.3 Å². The molecule has 2 aromatic heterocycles. The van der Waals surface area contributed by atoms with Gasteiger partial charge in [-0.3, -0.25) is 0 Å². The van der Waals surface area contributed by atoms with Gasteiger partial charge < -0.3 is 10.3 Å². The van der Waals surface area contributed by atoms with Crippen molar-refractivity contribution in [2.24, 2.45) is 17.8 Å². The molecule has 3 fully saturated rings. The molecular weight excluding hydrogens is 437 g/mol. The van der Waals surface area contributed by atoms with Gasteiger partial charge in [0.15, 0.2) is 5.82 Å². The van der Waals surface area contributed by atoms with Crippen LogP contribution in [0.4, 0.5) is 19.0 Å². The highest BCUT2D eigenvalue weighted by Gasteiger charge is 2.41. The van der Waals surface area contributed by atoms with E-state index in [4.69, 9.17) is 9.97 Å². The molecule has 3 saturated carbocycles. The zero-order valence-corrected chi connectivity index (χ0v) is 18.8. The van der Waals surface area contributed by atoms with Crippen LogP contribution in [0.5, 0.6) is 0 Å². The Balaban J connectivity index is 1.47. The summed E-state index contributed by atoms with van der Waals surface area (Å²) in [5, 5.41) is 4.05. The first-order valence-electron chi connectivity index (χ1n) is 11.8. The van der Waals surface area contributed by atoms with Crippen LogP contribution in [0.25, 0.3) is 33.5 Å². The third-order valence-electron chi connectivity index (χ3n) is 7.76. The Kier molecular flexibility index (Phi) is 5.08. The lowest BCUT2D eigenvalue weighted by Crippen LogP contribution is -2.47. The van der Waals surface area contributed by atoms with Crippen molar-refractivity contribution in [1.29, 1.82) is 0 Å². The highest BCUT2D eigenvalue weighted by molar-refractivity contribution is 5.94. The quantitative estimate of drug-likeness (QED) is 0.345. The molecule has 0 saturated heterocycles. The number of halogens is 3. The van der Waals surface area contributed by atoms with E-state index in [1.54, 1.807) is 18.3 Å². The van der Waals surface area contributed by atoms with Gasteiger partial charge in [0.05, 0.1) is 11.2 Å². The highest BCUT2D eigenvalue weighted by Crippen LogP contribution is 2.46. The van der Waals surface area contributed by atoms with Gasteiger partial charge in [-0.05, 0) is 73.8 Å². The number of aromatic amines is 1. The maximum atomic E-state index is 14.3. The molecule has 2 heterocycles. The van der Waals surface area contributed by atoms with Crippen molar-refractivity contribution in [2.75, 3.05) is 5.32 Å². The average molecular weight is 463 g/mol. The standard InChI is InChI=1S/C27H25F3N4/c1-14-15-2-4-17(5-3-15)25(14)33-24-12-23(16-6-8-18(28)9-7-16)32-27(34-24)21-13-31-26-20(21)10-19(29)11-22(26)30/h6-15,17,25,31H,2-5H2,1H3,(H,32,33,34)/t14-,15?,17?,25+/m1/s1. The first-order chi connectivity index (χ1) is 16.5. The minimum absolute atomic E-state index is 0.208. The van der Waals surface area contributed by atoms with Crippen molar-refractivity contribution in [3.05, 3.63) is 66.1 Å². The van der Waals surface area contributed by atoms with Gasteiger partial charge in [-0.25, -0.2) is 23.1 Å². The van der Waals surface area contributed by atoms with Gasteiger partial charge in [-0.2, -0.15) is 0 Å². The first kappa shape index (κ1) is 21.2. The van der Waals surface area contributed by atoms with E-state index in [0.29, 0.717) is 46.2 Å². The maximum Gasteiger partial charge on any atom is 0.164 e. The Labute approximate surface area is 195 Å². The van der Waals surface area contributed by atoms with Crippen molar-refractivity contribution >= 4 is 16.7 Å². The van der Waals surface area contributed by atoms with Gasteiger partial charge in [0.1, 0.15) is 23.3 Å². The zero-order chi connectivity index (χ0) is 23.4. The Morgan fingerprint density at radius 3 is 2.35 bits per heavy atom. The summed E-state index contributed by atoms with van der Waals surface area (Å²) in [6.07, 6.45) is 6.61. The van der Waals surface area contributed by atoms with Crippen LogP contribution in [-0.2, 0) is 0 Å². The van der Waals surface area contributed by atoms with Crippen molar-refractivity contribution in [1.82, 2.24) is 15.0 Å². The van der Waals surface area contributed by atoms with Crippen LogP contribution in [0.2, 0.25) is 0 Å². The van der Waals surface area contributed by atoms with E-state index in [9.17, 15) is 13.2 Å². The van der Waals surface area contributed by atoms with E-state index in [1.165, 1.54) is 43.9 Å². The van der Waals surface area contributed by atoms with E-state index < -0.39 is 11.6 Å². The summed E-state index contributed by atoms with van der Waals surface area (Å²) in [6, 6.07) is 10.5. The van der Waals surface area contributed by atoms with Crippen LogP contribution in [0.15, 0.2) is 48.7 Å². The first-order valence-corrected chi connectivity index (χ1v) is 11.8. The van der Waals surface area contributed by atoms with E-state index in [0.717, 1.165) is 17.5 Å². The van der Waals surface area contributed by atoms with Crippen molar-refractivity contribution in [2.45, 2.75) is 38.6 Å². The topological polar surface area (TPSA) is 53.6 Å². The molecule has 0 radical (unpaired) electrons. The van der Waals surface area contributed by atoms with Crippen molar-refractivity contribution in [3.8, 4) is 22.6 Å². The third-order valence-corrected chi connectivity index (χ3v) is 7.76. The molecule has 0 unspecified atom stereocenters. The largest absolute Gasteiger partial charge is 0.367 e. The predicted molar refractivity (Wildman–Crippen MR) is 127 cm³/mol. The molecule has 4 aromatic rings. The fourth-order valence-electron chi connectivity index (χ4n) is 5.92. The Morgan fingerprint density at radius 2 is 1.62 bits per heavy atom. The van der Waals surface area contributed by atoms with Gasteiger partial charge in [-0.1, -0.05) is 6.92 Å². The minimum Gasteiger partial charge on any atom is -0.367 e. The fourth-order valence-corrected chi connectivity index (χ4v) is 5.92. The molecule has 174 valence electrons. The molecule has 3 aliphatic rings. The Morgan fingerprint density at radius 1 is 0.882 bits per heavy atom. The molecule has 4 nitrogen and oxygen atoms in total. The number of rotatable bonds is 4. The molecule has 2 bridgehead atoms. The van der Waals surface area contributed by atoms with Crippen molar-refractivity contribution < 1.29 is 13.2 Å². The monoisotopic (exact) mass is 462 g/mol. The number of benzene rings is 2. The molecule has 7 heteroatoms. The number of nitrogens with zero attached hydrogens (tertiary/aromatic N) is 2. The van der Waals surface area contributed by atoms with Crippen LogP contribution in [0, 0.1) is 35.2 Å². The van der Waals surface area contributed by atoms with Gasteiger partial charge in [0.25, 0.3) is 0 Å². The molecule has 2 N–H and O–H groups in total. The van der Waals surface area contributed by atoms with Crippen LogP contribution < -0.4 is 5.32 Å². The summed E-state index contributed by atoms with van der Waals surface area (Å²) < 4.78 is 41.9. The lowest BCUT2D eigenvalue weighted by Gasteiger charge is -2.47. The number of hydrogen-bond acceptors (Lipinski definition) is 3. The number of nitrogens with one attached hydrogen (secondary N) is 2. The molecule has 2 aromatic carbocycles. The number of anilines is 1. The second-order valence-electron chi connectivity index (χ2n) is 9.69. The number of H-pyrrole nitrogens is 1. The summed E-state index contributed by atoms with van der Waals surface area (Å²) in [7, 11) is 0. The Hall–Kier alpha value is -3.35. The zero-order valence-electron chi connectivity index (χ0n) is 18.8. The SMILES string of the molecule is C[C@@H]1C2CCC(CC2)[C@H]1Nc1cc(-c2ccc(F)cc2)nc(-c2c[nH]c3c(F)cc(F)cc23)n1. The number of fused-ring (bicyclic) bond motifs is 4. The molecule has 0 spiro atoms. The molecule has 0 aliphatic heterocycles. The Bertz CT molecular complexity index is 1350. The third kappa shape index (κ3) is 3.63. The molecule has 2 atom stereocenters. The maximum absolute atomic E-state index is 14.3. The van der Waals surface area contributed by atoms with Crippen LogP contribution in [0.1, 0.15) is 32.6 Å².